The van der Waals surface area contributed by atoms with Gasteiger partial charge in [0.1, 0.15) is 5.75 Å². The molecule has 2 aromatic carbocycles. The summed E-state index contributed by atoms with van der Waals surface area (Å²) in [6.45, 7) is 10.8. The molecule has 0 atom stereocenters. The lowest BCUT2D eigenvalue weighted by molar-refractivity contribution is 0.414. The van der Waals surface area contributed by atoms with Crippen molar-refractivity contribution in [2.24, 2.45) is 0 Å². The fraction of sp³-hybridized carbons (Fsp3) is 0.368. The van der Waals surface area contributed by atoms with Gasteiger partial charge in [0.15, 0.2) is 0 Å². The minimum Gasteiger partial charge on any atom is -0.497 e. The quantitative estimate of drug-likeness (QED) is 0.730. The third kappa shape index (κ3) is 4.73. The number of benzene rings is 2. The molecule has 1 heteroatoms. The Morgan fingerprint density at radius 1 is 0.800 bits per heavy atom. The summed E-state index contributed by atoms with van der Waals surface area (Å²) in [5.74, 6) is 0.917. The summed E-state index contributed by atoms with van der Waals surface area (Å²) in [6.07, 6.45) is 1.15. The average molecular weight is 270 g/mol. The van der Waals surface area contributed by atoms with E-state index in [1.807, 2.05) is 24.3 Å². The zero-order valence-corrected chi connectivity index (χ0v) is 13.6. The van der Waals surface area contributed by atoms with Gasteiger partial charge in [0, 0.05) is 0 Å². The van der Waals surface area contributed by atoms with Crippen LogP contribution in [0.5, 0.6) is 5.75 Å². The Hall–Kier alpha value is -1.76. The van der Waals surface area contributed by atoms with Crippen LogP contribution >= 0.6 is 0 Å². The highest BCUT2D eigenvalue weighted by atomic mass is 16.5. The summed E-state index contributed by atoms with van der Waals surface area (Å²) in [6, 6.07) is 12.5. The molecule has 0 aromatic heterocycles. The summed E-state index contributed by atoms with van der Waals surface area (Å²) in [5, 5.41) is 0. The molecule has 0 bridgehead atoms. The fourth-order valence-electron chi connectivity index (χ4n) is 2.44. The van der Waals surface area contributed by atoms with E-state index in [1.165, 1.54) is 27.8 Å². The number of ether oxygens (including phenoxy) is 1. The average Bonchev–Trinajstić information content (AvgIpc) is 2.40. The van der Waals surface area contributed by atoms with Crippen molar-refractivity contribution in [1.29, 1.82) is 0 Å². The van der Waals surface area contributed by atoms with Gasteiger partial charge in [-0.05, 0) is 62.9 Å². The SMILES string of the molecule is CCc1c(C)cc(C)cc1C.COc1ccc(C)cc1. The van der Waals surface area contributed by atoms with Crippen molar-refractivity contribution in [1.82, 2.24) is 0 Å². The molecule has 108 valence electrons. The monoisotopic (exact) mass is 270 g/mol. The number of aryl methyl sites for hydroxylation is 4. The molecule has 0 radical (unpaired) electrons. The molecule has 0 aliphatic heterocycles. The second-order valence-electron chi connectivity index (χ2n) is 5.25. The van der Waals surface area contributed by atoms with Gasteiger partial charge in [0.2, 0.25) is 0 Å². The molecule has 0 unspecified atom stereocenters. The van der Waals surface area contributed by atoms with E-state index in [4.69, 9.17) is 4.74 Å². The van der Waals surface area contributed by atoms with Gasteiger partial charge in [-0.1, -0.05) is 42.3 Å². The van der Waals surface area contributed by atoms with Crippen molar-refractivity contribution in [3.63, 3.8) is 0 Å². The van der Waals surface area contributed by atoms with E-state index in [9.17, 15) is 0 Å². The highest BCUT2D eigenvalue weighted by molar-refractivity contribution is 5.37. The molecule has 0 amide bonds. The molecule has 0 saturated carbocycles. The zero-order valence-electron chi connectivity index (χ0n) is 13.6. The molecule has 0 aliphatic carbocycles. The second-order valence-corrected chi connectivity index (χ2v) is 5.25. The van der Waals surface area contributed by atoms with Crippen LogP contribution in [-0.4, -0.2) is 7.11 Å². The van der Waals surface area contributed by atoms with E-state index >= 15 is 0 Å². The number of rotatable bonds is 2. The minimum atomic E-state index is 0.917. The molecule has 0 heterocycles. The maximum absolute atomic E-state index is 4.97. The molecule has 2 rings (SSSR count). The van der Waals surface area contributed by atoms with Gasteiger partial charge in [-0.15, -0.1) is 0 Å². The molecule has 0 aliphatic rings. The summed E-state index contributed by atoms with van der Waals surface area (Å²) in [7, 11) is 1.67. The Morgan fingerprint density at radius 2 is 1.30 bits per heavy atom. The van der Waals surface area contributed by atoms with Crippen LogP contribution in [-0.2, 0) is 6.42 Å². The van der Waals surface area contributed by atoms with Crippen LogP contribution in [0.25, 0.3) is 0 Å². The van der Waals surface area contributed by atoms with Gasteiger partial charge in [0.25, 0.3) is 0 Å². The van der Waals surface area contributed by atoms with E-state index in [2.05, 4.69) is 46.8 Å². The molecule has 20 heavy (non-hydrogen) atoms. The standard InChI is InChI=1S/C11H16.C8H10O/c1-5-11-9(3)6-8(2)7-10(11)4;1-7-3-5-8(9-2)6-4-7/h6-7H,5H2,1-4H3;3-6H,1-2H3. The van der Waals surface area contributed by atoms with E-state index in [1.54, 1.807) is 7.11 Å². The van der Waals surface area contributed by atoms with Crippen LogP contribution in [0.1, 0.15) is 34.7 Å². The lowest BCUT2D eigenvalue weighted by atomic mass is 9.98. The fourth-order valence-corrected chi connectivity index (χ4v) is 2.44. The molecule has 0 fully saturated rings. The third-order valence-electron chi connectivity index (χ3n) is 3.45. The van der Waals surface area contributed by atoms with Crippen molar-refractivity contribution < 1.29 is 4.74 Å². The number of methoxy groups -OCH3 is 1. The highest BCUT2D eigenvalue weighted by Gasteiger charge is 1.99. The van der Waals surface area contributed by atoms with Gasteiger partial charge < -0.3 is 4.74 Å². The first-order valence-corrected chi connectivity index (χ1v) is 7.15. The van der Waals surface area contributed by atoms with Crippen molar-refractivity contribution in [2.45, 2.75) is 41.0 Å². The molecular formula is C19H26O. The lowest BCUT2D eigenvalue weighted by Gasteiger charge is -2.08. The van der Waals surface area contributed by atoms with Crippen LogP contribution in [0.15, 0.2) is 36.4 Å². The van der Waals surface area contributed by atoms with Gasteiger partial charge in [0.05, 0.1) is 7.11 Å². The third-order valence-corrected chi connectivity index (χ3v) is 3.45. The van der Waals surface area contributed by atoms with Crippen molar-refractivity contribution in [3.05, 3.63) is 64.2 Å². The molecule has 0 spiro atoms. The lowest BCUT2D eigenvalue weighted by Crippen LogP contribution is -1.92. The van der Waals surface area contributed by atoms with Crippen LogP contribution in [0.4, 0.5) is 0 Å². The van der Waals surface area contributed by atoms with E-state index in [0.717, 1.165) is 12.2 Å². The Labute approximate surface area is 123 Å². The van der Waals surface area contributed by atoms with Crippen LogP contribution in [0.2, 0.25) is 0 Å². The first-order chi connectivity index (χ1) is 9.47. The first kappa shape index (κ1) is 16.3. The highest BCUT2D eigenvalue weighted by Crippen LogP contribution is 2.16. The Kier molecular flexibility index (Phi) is 6.30. The predicted molar refractivity (Wildman–Crippen MR) is 87.8 cm³/mol. The number of hydrogen-bond acceptors (Lipinski definition) is 1. The predicted octanol–water partition coefficient (Wildman–Crippen LogP) is 5.18. The Balaban J connectivity index is 0.000000204. The minimum absolute atomic E-state index is 0.917. The maximum Gasteiger partial charge on any atom is 0.118 e. The smallest absolute Gasteiger partial charge is 0.118 e. The Morgan fingerprint density at radius 3 is 1.70 bits per heavy atom. The molecule has 2 aromatic rings. The topological polar surface area (TPSA) is 9.23 Å². The van der Waals surface area contributed by atoms with E-state index in [0.29, 0.717) is 0 Å². The summed E-state index contributed by atoms with van der Waals surface area (Å²) >= 11 is 0. The summed E-state index contributed by atoms with van der Waals surface area (Å²) < 4.78 is 4.97. The molecule has 1 nitrogen and oxygen atoms in total. The van der Waals surface area contributed by atoms with Gasteiger partial charge in [-0.25, -0.2) is 0 Å². The maximum atomic E-state index is 4.97. The zero-order chi connectivity index (χ0) is 15.1. The van der Waals surface area contributed by atoms with Gasteiger partial charge >= 0.3 is 0 Å². The second kappa shape index (κ2) is 7.74. The van der Waals surface area contributed by atoms with E-state index in [-0.39, 0.29) is 0 Å². The van der Waals surface area contributed by atoms with E-state index < -0.39 is 0 Å². The Bertz CT molecular complexity index is 515. The largest absolute Gasteiger partial charge is 0.497 e. The molecular weight excluding hydrogens is 244 g/mol. The molecule has 0 N–H and O–H groups in total. The molecule has 0 saturated heterocycles. The number of hydrogen-bond donors (Lipinski definition) is 0. The van der Waals surface area contributed by atoms with Crippen molar-refractivity contribution in [2.75, 3.05) is 7.11 Å². The summed E-state index contributed by atoms with van der Waals surface area (Å²) in [4.78, 5) is 0. The summed E-state index contributed by atoms with van der Waals surface area (Å²) in [5.41, 5.74) is 7.01. The van der Waals surface area contributed by atoms with Crippen molar-refractivity contribution >= 4 is 0 Å². The van der Waals surface area contributed by atoms with Crippen molar-refractivity contribution in [3.8, 4) is 5.75 Å². The van der Waals surface area contributed by atoms with Gasteiger partial charge in [-0.2, -0.15) is 0 Å². The normalized spacial score (nSPS) is 9.70. The van der Waals surface area contributed by atoms with Crippen LogP contribution in [0.3, 0.4) is 0 Å². The van der Waals surface area contributed by atoms with Crippen LogP contribution in [0, 0.1) is 27.7 Å². The van der Waals surface area contributed by atoms with Crippen LogP contribution < -0.4 is 4.74 Å². The van der Waals surface area contributed by atoms with Gasteiger partial charge in [-0.3, -0.25) is 0 Å². The first-order valence-electron chi connectivity index (χ1n) is 7.15.